The molecule has 1 aliphatic carbocycles. The van der Waals surface area contributed by atoms with E-state index < -0.39 is 53.0 Å². The van der Waals surface area contributed by atoms with Crippen LogP contribution in [0.2, 0.25) is 0 Å². The second-order valence-electron chi connectivity index (χ2n) is 8.50. The van der Waals surface area contributed by atoms with Crippen LogP contribution < -0.4 is 10.7 Å². The summed E-state index contributed by atoms with van der Waals surface area (Å²) in [7, 11) is 0. The zero-order chi connectivity index (χ0) is 22.7. The average molecular weight is 445 g/mol. The first kappa shape index (κ1) is 20.6. The van der Waals surface area contributed by atoms with E-state index in [1.54, 1.807) is 4.90 Å². The molecule has 1 saturated heterocycles. The molecule has 2 bridgehead atoms. The standard InChI is InChI=1S/C22H21F2N3O5/c1-10-4-15(23)13(16(24)5-10)7-25-21(30)14-8-26-9-17-27(11-2-3-12(6-11)32-17)22(31)18(26)20(29)19(14)28/h4-5,8,11-12,17,29H,2-3,6-7,9H2,1H3,(H,25,30)/t11-,12+,17+/m1/s1. The van der Waals surface area contributed by atoms with Gasteiger partial charge in [0.25, 0.3) is 11.8 Å². The van der Waals surface area contributed by atoms with Crippen LogP contribution in [0.4, 0.5) is 8.78 Å². The number of benzene rings is 1. The van der Waals surface area contributed by atoms with Gasteiger partial charge in [-0.05, 0) is 43.9 Å². The molecule has 2 aliphatic heterocycles. The van der Waals surface area contributed by atoms with E-state index in [-0.39, 0.29) is 29.9 Å². The number of nitrogens with one attached hydrogen (secondary N) is 1. The van der Waals surface area contributed by atoms with Crippen molar-refractivity contribution in [2.75, 3.05) is 0 Å². The first-order chi connectivity index (χ1) is 15.2. The van der Waals surface area contributed by atoms with Crippen LogP contribution in [0, 0.1) is 18.6 Å². The Morgan fingerprint density at radius 3 is 2.69 bits per heavy atom. The highest BCUT2D eigenvalue weighted by Gasteiger charge is 2.47. The maximum Gasteiger partial charge on any atom is 0.276 e. The van der Waals surface area contributed by atoms with Gasteiger partial charge in [-0.15, -0.1) is 0 Å². The number of carbonyl (C=O) groups is 2. The van der Waals surface area contributed by atoms with Crippen molar-refractivity contribution < 1.29 is 28.2 Å². The summed E-state index contributed by atoms with van der Waals surface area (Å²) in [5.74, 6) is -3.89. The molecule has 2 aromatic rings. The normalized spacial score (nSPS) is 23.7. The number of rotatable bonds is 3. The number of fused-ring (bicyclic) bond motifs is 5. The van der Waals surface area contributed by atoms with Gasteiger partial charge in [0.2, 0.25) is 5.43 Å². The molecule has 2 amide bonds. The zero-order valence-corrected chi connectivity index (χ0v) is 17.2. The number of aromatic nitrogens is 1. The van der Waals surface area contributed by atoms with Gasteiger partial charge in [0.15, 0.2) is 17.7 Å². The van der Waals surface area contributed by atoms with Crippen molar-refractivity contribution >= 4 is 11.8 Å². The summed E-state index contributed by atoms with van der Waals surface area (Å²) in [5, 5.41) is 12.8. The SMILES string of the molecule is Cc1cc(F)c(CNC(=O)c2cn3c(c(O)c2=O)C(=O)N2[C@@H]4CC[C@@H](C4)O[C@H]2C3)c(F)c1. The number of carbonyl (C=O) groups excluding carboxylic acids is 2. The Morgan fingerprint density at radius 2 is 1.97 bits per heavy atom. The molecule has 10 heteroatoms. The Balaban J connectivity index is 1.44. The van der Waals surface area contributed by atoms with Crippen LogP contribution in [0.25, 0.3) is 0 Å². The monoisotopic (exact) mass is 445 g/mol. The van der Waals surface area contributed by atoms with E-state index >= 15 is 0 Å². The number of halogens is 2. The van der Waals surface area contributed by atoms with Crippen molar-refractivity contribution in [2.45, 2.75) is 57.6 Å². The number of ether oxygens (including phenoxy) is 1. The van der Waals surface area contributed by atoms with Crippen LogP contribution in [-0.4, -0.2) is 44.8 Å². The maximum atomic E-state index is 14.0. The third-order valence-corrected chi connectivity index (χ3v) is 6.41. The summed E-state index contributed by atoms with van der Waals surface area (Å²) in [6, 6.07) is 2.27. The molecule has 0 spiro atoms. The Hall–Kier alpha value is -3.27. The predicted octanol–water partition coefficient (Wildman–Crippen LogP) is 1.80. The Bertz CT molecular complexity index is 1190. The number of pyridine rings is 1. The largest absolute Gasteiger partial charge is 0.503 e. The molecule has 1 aromatic carbocycles. The fourth-order valence-corrected chi connectivity index (χ4v) is 4.88. The molecule has 168 valence electrons. The van der Waals surface area contributed by atoms with Gasteiger partial charge in [-0.25, -0.2) is 8.78 Å². The van der Waals surface area contributed by atoms with Gasteiger partial charge in [-0.3, -0.25) is 14.4 Å². The highest BCUT2D eigenvalue weighted by Crippen LogP contribution is 2.38. The number of aryl methyl sites for hydroxylation is 1. The number of amides is 2. The van der Waals surface area contributed by atoms with Crippen molar-refractivity contribution in [2.24, 2.45) is 0 Å². The van der Waals surface area contributed by atoms with Crippen molar-refractivity contribution in [3.63, 3.8) is 0 Å². The fraction of sp³-hybridized carbons (Fsp3) is 0.409. The molecule has 2 N–H and O–H groups in total. The van der Waals surface area contributed by atoms with Crippen LogP contribution >= 0.6 is 0 Å². The van der Waals surface area contributed by atoms with Crippen LogP contribution in [0.3, 0.4) is 0 Å². The molecular weight excluding hydrogens is 424 g/mol. The van der Waals surface area contributed by atoms with Crippen LogP contribution in [0.1, 0.15) is 51.2 Å². The third-order valence-electron chi connectivity index (χ3n) is 6.41. The minimum Gasteiger partial charge on any atom is -0.503 e. The molecule has 0 unspecified atom stereocenters. The second-order valence-corrected chi connectivity index (χ2v) is 8.50. The summed E-state index contributed by atoms with van der Waals surface area (Å²) in [5.41, 5.74) is -1.59. The third kappa shape index (κ3) is 3.17. The highest BCUT2D eigenvalue weighted by molar-refractivity contribution is 5.99. The van der Waals surface area contributed by atoms with Crippen LogP contribution in [-0.2, 0) is 17.8 Å². The van der Waals surface area contributed by atoms with Crippen molar-refractivity contribution in [3.8, 4) is 5.75 Å². The summed E-state index contributed by atoms with van der Waals surface area (Å²) in [4.78, 5) is 39.9. The molecule has 3 atom stereocenters. The van der Waals surface area contributed by atoms with Gasteiger partial charge in [0.1, 0.15) is 17.2 Å². The minimum absolute atomic E-state index is 0.00298. The van der Waals surface area contributed by atoms with Gasteiger partial charge in [0.05, 0.1) is 12.6 Å². The molecule has 5 rings (SSSR count). The highest BCUT2D eigenvalue weighted by atomic mass is 19.1. The van der Waals surface area contributed by atoms with Gasteiger partial charge in [-0.1, -0.05) is 0 Å². The first-order valence-corrected chi connectivity index (χ1v) is 10.4. The minimum atomic E-state index is -1.02. The van der Waals surface area contributed by atoms with Gasteiger partial charge >= 0.3 is 0 Å². The lowest BCUT2D eigenvalue weighted by Gasteiger charge is -2.44. The summed E-state index contributed by atoms with van der Waals surface area (Å²) in [6.45, 7) is 1.21. The summed E-state index contributed by atoms with van der Waals surface area (Å²) < 4.78 is 35.4. The lowest BCUT2D eigenvalue weighted by Crippen LogP contribution is -2.57. The smallest absolute Gasteiger partial charge is 0.276 e. The fourth-order valence-electron chi connectivity index (χ4n) is 4.88. The zero-order valence-electron chi connectivity index (χ0n) is 17.2. The van der Waals surface area contributed by atoms with E-state index in [9.17, 15) is 28.3 Å². The molecule has 3 heterocycles. The maximum absolute atomic E-state index is 14.0. The predicted molar refractivity (Wildman–Crippen MR) is 107 cm³/mol. The van der Waals surface area contributed by atoms with E-state index in [1.807, 2.05) is 0 Å². The lowest BCUT2D eigenvalue weighted by atomic mass is 10.1. The van der Waals surface area contributed by atoms with E-state index in [2.05, 4.69) is 5.32 Å². The van der Waals surface area contributed by atoms with E-state index in [1.165, 1.54) is 17.7 Å². The number of hydrogen-bond donors (Lipinski definition) is 2. The quantitative estimate of drug-likeness (QED) is 0.751. The first-order valence-electron chi connectivity index (χ1n) is 10.4. The molecule has 0 radical (unpaired) electrons. The molecular formula is C22H21F2N3O5. The van der Waals surface area contributed by atoms with E-state index in [0.717, 1.165) is 31.4 Å². The average Bonchev–Trinajstić information content (AvgIpc) is 3.10. The number of aromatic hydroxyl groups is 1. The summed E-state index contributed by atoms with van der Waals surface area (Å²) in [6.07, 6.45) is 3.05. The van der Waals surface area contributed by atoms with Crippen LogP contribution in [0.15, 0.2) is 23.1 Å². The number of hydrogen-bond acceptors (Lipinski definition) is 5. The Kier molecular flexibility index (Phi) is 4.77. The van der Waals surface area contributed by atoms with Gasteiger partial charge < -0.3 is 24.6 Å². The van der Waals surface area contributed by atoms with Crippen LogP contribution in [0.5, 0.6) is 5.75 Å². The Labute approximate surface area is 181 Å². The van der Waals surface area contributed by atoms with Crippen molar-refractivity contribution in [3.05, 3.63) is 62.6 Å². The molecule has 32 heavy (non-hydrogen) atoms. The van der Waals surface area contributed by atoms with Crippen molar-refractivity contribution in [1.29, 1.82) is 0 Å². The van der Waals surface area contributed by atoms with E-state index in [0.29, 0.717) is 5.56 Å². The number of nitrogens with zero attached hydrogens (tertiary/aromatic N) is 2. The van der Waals surface area contributed by atoms with Gasteiger partial charge in [0, 0.05) is 24.3 Å². The Morgan fingerprint density at radius 1 is 1.25 bits per heavy atom. The topological polar surface area (TPSA) is 101 Å². The van der Waals surface area contributed by atoms with E-state index in [4.69, 9.17) is 4.74 Å². The molecule has 3 aliphatic rings. The van der Waals surface area contributed by atoms with Crippen molar-refractivity contribution in [1.82, 2.24) is 14.8 Å². The molecule has 1 aromatic heterocycles. The summed E-state index contributed by atoms with van der Waals surface area (Å²) >= 11 is 0. The molecule has 1 saturated carbocycles. The lowest BCUT2D eigenvalue weighted by molar-refractivity contribution is -0.132. The van der Waals surface area contributed by atoms with Gasteiger partial charge in [-0.2, -0.15) is 0 Å². The molecule has 8 nitrogen and oxygen atoms in total. The second kappa shape index (κ2) is 7.40. The molecule has 2 fully saturated rings.